The van der Waals surface area contributed by atoms with Crippen LogP contribution in [0.4, 0.5) is 8.78 Å². The molecule has 0 fully saturated rings. The van der Waals surface area contributed by atoms with Crippen molar-refractivity contribution in [3.8, 4) is 5.75 Å². The van der Waals surface area contributed by atoms with Gasteiger partial charge in [0.25, 0.3) is 0 Å². The molecule has 1 N–H and O–H groups in total. The molecule has 0 aliphatic rings. The molecule has 0 atom stereocenters. The van der Waals surface area contributed by atoms with E-state index in [1.54, 1.807) is 0 Å². The van der Waals surface area contributed by atoms with Crippen molar-refractivity contribution in [2.45, 2.75) is 4.33 Å². The second-order valence-electron chi connectivity index (χ2n) is 3.25. The molecular formula is C9H6Cl2F2N4O. The highest BCUT2D eigenvalue weighted by molar-refractivity contribution is 6.49. The highest BCUT2D eigenvalue weighted by Crippen LogP contribution is 2.45. The standard InChI is InChI=1S/C9H6Cl2F2N4O/c1-18-7-5(13)3-2-4(12)6(7)9(10,11)8-14-16-17-15-8/h2-3H,1H3,(H,14,15,16,17). The number of rotatable bonds is 3. The molecule has 5 nitrogen and oxygen atoms in total. The molecule has 1 heterocycles. The Bertz CT molecular complexity index is 562. The van der Waals surface area contributed by atoms with Crippen molar-refractivity contribution in [2.75, 3.05) is 7.11 Å². The van der Waals surface area contributed by atoms with E-state index < -0.39 is 27.3 Å². The fraction of sp³-hybridized carbons (Fsp3) is 0.222. The van der Waals surface area contributed by atoms with Gasteiger partial charge in [-0.05, 0) is 12.1 Å². The first-order valence-corrected chi connectivity index (χ1v) is 5.38. The average molecular weight is 295 g/mol. The van der Waals surface area contributed by atoms with Crippen molar-refractivity contribution in [3.05, 3.63) is 35.2 Å². The number of ether oxygens (including phenoxy) is 1. The summed E-state index contributed by atoms with van der Waals surface area (Å²) in [5.74, 6) is -2.27. The van der Waals surface area contributed by atoms with E-state index in [2.05, 4.69) is 20.6 Å². The zero-order valence-electron chi connectivity index (χ0n) is 8.92. The van der Waals surface area contributed by atoms with E-state index in [9.17, 15) is 8.78 Å². The smallest absolute Gasteiger partial charge is 0.215 e. The number of halogens is 4. The minimum atomic E-state index is -2.02. The molecule has 0 aliphatic heterocycles. The van der Waals surface area contributed by atoms with Gasteiger partial charge in [0, 0.05) is 0 Å². The molecule has 2 rings (SSSR count). The van der Waals surface area contributed by atoms with Crippen molar-refractivity contribution in [2.24, 2.45) is 0 Å². The average Bonchev–Trinajstić information content (AvgIpc) is 2.85. The molecule has 0 spiro atoms. The fourth-order valence-electron chi connectivity index (χ4n) is 1.43. The number of hydrogen-bond donors (Lipinski definition) is 1. The van der Waals surface area contributed by atoms with Gasteiger partial charge in [0.1, 0.15) is 5.82 Å². The first-order valence-electron chi connectivity index (χ1n) is 4.62. The molecule has 0 unspecified atom stereocenters. The molecule has 2 aromatic rings. The summed E-state index contributed by atoms with van der Waals surface area (Å²) in [5, 5.41) is 12.5. The summed E-state index contributed by atoms with van der Waals surface area (Å²) in [6.07, 6.45) is 0. The van der Waals surface area contributed by atoms with Gasteiger partial charge in [-0.2, -0.15) is 5.21 Å². The number of methoxy groups -OCH3 is 1. The topological polar surface area (TPSA) is 63.7 Å². The summed E-state index contributed by atoms with van der Waals surface area (Å²) in [6, 6.07) is 1.78. The van der Waals surface area contributed by atoms with Crippen LogP contribution in [0.25, 0.3) is 0 Å². The van der Waals surface area contributed by atoms with Crippen LogP contribution in [0, 0.1) is 11.6 Å². The molecule has 9 heteroatoms. The van der Waals surface area contributed by atoms with Crippen molar-refractivity contribution in [1.82, 2.24) is 20.6 Å². The Morgan fingerprint density at radius 1 is 1.28 bits per heavy atom. The summed E-state index contributed by atoms with van der Waals surface area (Å²) in [6.45, 7) is 0. The van der Waals surface area contributed by atoms with E-state index in [0.717, 1.165) is 12.1 Å². The Kier molecular flexibility index (Phi) is 3.36. The highest BCUT2D eigenvalue weighted by Gasteiger charge is 2.40. The minimum absolute atomic E-state index is 0.214. The lowest BCUT2D eigenvalue weighted by molar-refractivity contribution is 0.375. The normalized spacial score (nSPS) is 11.6. The molecule has 0 amide bonds. The minimum Gasteiger partial charge on any atom is -0.493 e. The Hall–Kier alpha value is -1.47. The summed E-state index contributed by atoms with van der Waals surface area (Å²) in [4.78, 5) is 0. The second kappa shape index (κ2) is 4.66. The number of alkyl halides is 2. The van der Waals surface area contributed by atoms with E-state index in [4.69, 9.17) is 27.9 Å². The predicted molar refractivity (Wildman–Crippen MR) is 59.6 cm³/mol. The van der Waals surface area contributed by atoms with Gasteiger partial charge in [0.15, 0.2) is 11.6 Å². The predicted octanol–water partition coefficient (Wildman–Crippen LogP) is 2.17. The van der Waals surface area contributed by atoms with Crippen molar-refractivity contribution in [3.63, 3.8) is 0 Å². The first kappa shape index (κ1) is 13.0. The molecule has 1 aromatic heterocycles. The van der Waals surface area contributed by atoms with Gasteiger partial charge in [-0.1, -0.05) is 28.4 Å². The molecule has 0 aliphatic carbocycles. The van der Waals surface area contributed by atoms with Gasteiger partial charge in [-0.15, -0.1) is 10.2 Å². The molecule has 0 bridgehead atoms. The monoisotopic (exact) mass is 294 g/mol. The molecule has 18 heavy (non-hydrogen) atoms. The van der Waals surface area contributed by atoms with Gasteiger partial charge in [-0.25, -0.2) is 8.78 Å². The summed E-state index contributed by atoms with van der Waals surface area (Å²) in [7, 11) is 1.17. The van der Waals surface area contributed by atoms with Crippen LogP contribution in [0.1, 0.15) is 11.4 Å². The van der Waals surface area contributed by atoms with Gasteiger partial charge in [0.2, 0.25) is 10.2 Å². The van der Waals surface area contributed by atoms with E-state index in [1.807, 2.05) is 0 Å². The maximum atomic E-state index is 13.8. The number of aromatic amines is 1. The Balaban J connectivity index is 2.67. The van der Waals surface area contributed by atoms with Crippen molar-refractivity contribution < 1.29 is 13.5 Å². The van der Waals surface area contributed by atoms with Crippen molar-refractivity contribution in [1.29, 1.82) is 0 Å². The van der Waals surface area contributed by atoms with Crippen molar-refractivity contribution >= 4 is 23.2 Å². The van der Waals surface area contributed by atoms with Gasteiger partial charge < -0.3 is 4.74 Å². The van der Waals surface area contributed by atoms with E-state index in [0.29, 0.717) is 0 Å². The van der Waals surface area contributed by atoms with Gasteiger partial charge >= 0.3 is 0 Å². The lowest BCUT2D eigenvalue weighted by Gasteiger charge is -2.19. The van der Waals surface area contributed by atoms with Crippen LogP contribution in [-0.4, -0.2) is 27.7 Å². The molecular weight excluding hydrogens is 289 g/mol. The highest BCUT2D eigenvalue weighted by atomic mass is 35.5. The van der Waals surface area contributed by atoms with E-state index in [1.165, 1.54) is 7.11 Å². The number of aromatic nitrogens is 4. The third-order valence-corrected chi connectivity index (χ3v) is 2.92. The molecule has 0 saturated heterocycles. The maximum Gasteiger partial charge on any atom is 0.215 e. The third kappa shape index (κ3) is 1.99. The van der Waals surface area contributed by atoms with Gasteiger partial charge in [0.05, 0.1) is 12.7 Å². The number of tetrazole rings is 1. The summed E-state index contributed by atoms with van der Waals surface area (Å²) >= 11 is 12.0. The quantitative estimate of drug-likeness (QED) is 0.881. The fourth-order valence-corrected chi connectivity index (χ4v) is 1.94. The van der Waals surface area contributed by atoms with Crippen LogP contribution in [0.2, 0.25) is 0 Å². The Morgan fingerprint density at radius 3 is 2.50 bits per heavy atom. The molecule has 96 valence electrons. The number of nitrogens with one attached hydrogen (secondary N) is 1. The third-order valence-electron chi connectivity index (χ3n) is 2.20. The van der Waals surface area contributed by atoms with Crippen LogP contribution < -0.4 is 4.74 Å². The van der Waals surface area contributed by atoms with Crippen LogP contribution in [0.3, 0.4) is 0 Å². The molecule has 0 radical (unpaired) electrons. The van der Waals surface area contributed by atoms with Crippen LogP contribution in [0.15, 0.2) is 12.1 Å². The zero-order valence-corrected chi connectivity index (χ0v) is 10.4. The van der Waals surface area contributed by atoms with E-state index in [-0.39, 0.29) is 5.82 Å². The number of H-pyrrole nitrogens is 1. The summed E-state index contributed by atoms with van der Waals surface area (Å²) in [5.41, 5.74) is -0.408. The molecule has 0 saturated carbocycles. The second-order valence-corrected chi connectivity index (χ2v) is 4.57. The Morgan fingerprint density at radius 2 is 1.94 bits per heavy atom. The number of benzene rings is 1. The lowest BCUT2D eigenvalue weighted by Crippen LogP contribution is -2.18. The van der Waals surface area contributed by atoms with Gasteiger partial charge in [-0.3, -0.25) is 0 Å². The number of hydrogen-bond acceptors (Lipinski definition) is 4. The van der Waals surface area contributed by atoms with E-state index >= 15 is 0 Å². The van der Waals surface area contributed by atoms with Crippen LogP contribution in [0.5, 0.6) is 5.75 Å². The largest absolute Gasteiger partial charge is 0.493 e. The lowest BCUT2D eigenvalue weighted by atomic mass is 10.1. The van der Waals surface area contributed by atoms with Crippen LogP contribution in [-0.2, 0) is 4.33 Å². The Labute approximate surface area is 110 Å². The number of nitrogens with zero attached hydrogens (tertiary/aromatic N) is 3. The maximum absolute atomic E-state index is 13.8. The summed E-state index contributed by atoms with van der Waals surface area (Å²) < 4.78 is 30.1. The molecule has 1 aromatic carbocycles. The zero-order chi connectivity index (χ0) is 13.3. The first-order chi connectivity index (χ1) is 8.48. The van der Waals surface area contributed by atoms with Crippen LogP contribution >= 0.6 is 23.2 Å². The SMILES string of the molecule is COc1c(F)ccc(F)c1C(Cl)(Cl)c1nn[nH]n1.